The van der Waals surface area contributed by atoms with Gasteiger partial charge in [0.05, 0.1) is 10.7 Å². The Morgan fingerprint density at radius 2 is 1.81 bits per heavy atom. The van der Waals surface area contributed by atoms with E-state index in [2.05, 4.69) is 49.7 Å². The third-order valence-corrected chi connectivity index (χ3v) is 5.38. The lowest BCUT2D eigenvalue weighted by Gasteiger charge is -2.34. The summed E-state index contributed by atoms with van der Waals surface area (Å²) >= 11 is 3.44. The van der Waals surface area contributed by atoms with Crippen molar-refractivity contribution in [1.29, 1.82) is 0 Å². The summed E-state index contributed by atoms with van der Waals surface area (Å²) in [5, 5.41) is 4.28. The quantitative estimate of drug-likeness (QED) is 0.608. The van der Waals surface area contributed by atoms with Gasteiger partial charge in [-0.2, -0.15) is 5.10 Å². The first-order valence-corrected chi connectivity index (χ1v) is 10.2. The molecule has 3 aromatic heterocycles. The molecule has 0 radical (unpaired) electrons. The maximum atomic E-state index is 6.18. The third-order valence-electron chi connectivity index (χ3n) is 4.82. The molecule has 1 fully saturated rings. The first kappa shape index (κ1) is 18.4. The minimum atomic E-state index is -0.270. The van der Waals surface area contributed by atoms with E-state index in [1.165, 1.54) is 19.3 Å². The van der Waals surface area contributed by atoms with Gasteiger partial charge in [-0.3, -0.25) is 4.90 Å². The second kappa shape index (κ2) is 7.56. The van der Waals surface area contributed by atoms with Gasteiger partial charge < -0.3 is 4.74 Å². The number of likely N-dealkylation sites (tertiary alicyclic amines) is 1. The normalized spacial score (nSPS) is 16.0. The van der Waals surface area contributed by atoms with Crippen LogP contribution in [0.3, 0.4) is 0 Å². The molecule has 0 N–H and O–H groups in total. The average Bonchev–Trinajstić information content (AvgIpc) is 3.03. The van der Waals surface area contributed by atoms with Crippen LogP contribution < -0.4 is 4.74 Å². The molecule has 1 aliphatic rings. The van der Waals surface area contributed by atoms with Gasteiger partial charge in [-0.25, -0.2) is 14.5 Å². The Bertz CT molecular complexity index is 916. The van der Waals surface area contributed by atoms with Crippen LogP contribution in [0, 0.1) is 0 Å². The Balaban J connectivity index is 1.46. The summed E-state index contributed by atoms with van der Waals surface area (Å²) in [5.74, 6) is 0.650. The number of ether oxygens (including phenoxy) is 1. The van der Waals surface area contributed by atoms with Crippen LogP contribution in [0.15, 0.2) is 41.4 Å². The number of halogens is 1. The van der Waals surface area contributed by atoms with Crippen LogP contribution >= 0.6 is 15.9 Å². The summed E-state index contributed by atoms with van der Waals surface area (Å²) in [6.07, 6.45) is 11.3. The van der Waals surface area contributed by atoms with Gasteiger partial charge >= 0.3 is 0 Å². The molecule has 1 saturated heterocycles. The molecule has 6 nitrogen and oxygen atoms in total. The van der Waals surface area contributed by atoms with Crippen molar-refractivity contribution in [2.24, 2.45) is 0 Å². The number of piperidine rings is 1. The van der Waals surface area contributed by atoms with Crippen molar-refractivity contribution < 1.29 is 4.74 Å². The van der Waals surface area contributed by atoms with Crippen LogP contribution in [0.25, 0.3) is 16.8 Å². The number of rotatable bonds is 5. The van der Waals surface area contributed by atoms with Gasteiger partial charge in [0.25, 0.3) is 0 Å². The van der Waals surface area contributed by atoms with E-state index in [4.69, 9.17) is 4.74 Å². The molecule has 0 atom stereocenters. The molecule has 0 aliphatic carbocycles. The fourth-order valence-corrected chi connectivity index (χ4v) is 3.95. The fourth-order valence-electron chi connectivity index (χ4n) is 3.58. The van der Waals surface area contributed by atoms with Crippen LogP contribution in [0.5, 0.6) is 5.88 Å². The summed E-state index contributed by atoms with van der Waals surface area (Å²) in [6.45, 7) is 7.51. The van der Waals surface area contributed by atoms with Crippen molar-refractivity contribution >= 4 is 21.6 Å². The van der Waals surface area contributed by atoms with Crippen LogP contribution in [-0.2, 0) is 0 Å². The molecular formula is C20H24BrN5O. The van der Waals surface area contributed by atoms with Gasteiger partial charge in [0, 0.05) is 42.3 Å². The Morgan fingerprint density at radius 1 is 1.04 bits per heavy atom. The highest BCUT2D eigenvalue weighted by molar-refractivity contribution is 9.10. The summed E-state index contributed by atoms with van der Waals surface area (Å²) in [6, 6.07) is 3.94. The zero-order valence-corrected chi connectivity index (χ0v) is 17.3. The topological polar surface area (TPSA) is 55.5 Å². The predicted molar refractivity (Wildman–Crippen MR) is 109 cm³/mol. The van der Waals surface area contributed by atoms with Crippen LogP contribution in [-0.4, -0.2) is 49.7 Å². The first-order chi connectivity index (χ1) is 13.0. The van der Waals surface area contributed by atoms with E-state index in [0.29, 0.717) is 5.88 Å². The predicted octanol–water partition coefficient (Wildman–Crippen LogP) is 4.20. The molecule has 0 aromatic carbocycles. The van der Waals surface area contributed by atoms with Gasteiger partial charge in [-0.1, -0.05) is 6.42 Å². The number of aromatic nitrogens is 4. The molecular weight excluding hydrogens is 406 g/mol. The van der Waals surface area contributed by atoms with Crippen molar-refractivity contribution in [3.05, 3.63) is 41.4 Å². The van der Waals surface area contributed by atoms with Crippen molar-refractivity contribution in [2.75, 3.05) is 19.6 Å². The van der Waals surface area contributed by atoms with E-state index in [1.54, 1.807) is 10.7 Å². The van der Waals surface area contributed by atoms with E-state index in [9.17, 15) is 0 Å². The van der Waals surface area contributed by atoms with E-state index in [1.807, 2.05) is 30.7 Å². The number of nitrogens with zero attached hydrogens (tertiary/aromatic N) is 5. The van der Waals surface area contributed by atoms with E-state index in [-0.39, 0.29) is 5.60 Å². The van der Waals surface area contributed by atoms with Crippen LogP contribution in [0.1, 0.15) is 33.1 Å². The van der Waals surface area contributed by atoms with Crippen LogP contribution in [0.2, 0.25) is 0 Å². The van der Waals surface area contributed by atoms with Crippen LogP contribution in [0.4, 0.5) is 0 Å². The minimum absolute atomic E-state index is 0.270. The van der Waals surface area contributed by atoms with E-state index < -0.39 is 0 Å². The van der Waals surface area contributed by atoms with Crippen molar-refractivity contribution in [2.45, 2.75) is 38.7 Å². The Hall–Kier alpha value is -1.99. The van der Waals surface area contributed by atoms with Gasteiger partial charge in [-0.15, -0.1) is 0 Å². The van der Waals surface area contributed by atoms with Crippen molar-refractivity contribution in [3.63, 3.8) is 0 Å². The minimum Gasteiger partial charge on any atom is -0.470 e. The molecule has 4 heterocycles. The zero-order chi connectivity index (χ0) is 18.9. The lowest BCUT2D eigenvalue weighted by atomic mass is 10.1. The highest BCUT2D eigenvalue weighted by atomic mass is 79.9. The smallest absolute Gasteiger partial charge is 0.213 e. The zero-order valence-electron chi connectivity index (χ0n) is 15.7. The molecule has 27 heavy (non-hydrogen) atoms. The Labute approximate surface area is 167 Å². The highest BCUT2D eigenvalue weighted by Crippen LogP contribution is 2.24. The molecule has 1 aliphatic heterocycles. The van der Waals surface area contributed by atoms with Crippen molar-refractivity contribution in [1.82, 2.24) is 24.5 Å². The van der Waals surface area contributed by atoms with Gasteiger partial charge in [0.15, 0.2) is 5.65 Å². The third kappa shape index (κ3) is 4.30. The molecule has 0 unspecified atom stereocenters. The standard InChI is InChI=1S/C20H24BrN5O/c1-20(2,14-25-8-4-3-5-9-25)27-18-7-6-15(10-22-18)16-11-23-19-17(21)12-24-26(19)13-16/h6-7,10-13H,3-5,8-9,14H2,1-2H3. The number of hydrogen-bond donors (Lipinski definition) is 0. The maximum absolute atomic E-state index is 6.18. The second-order valence-electron chi connectivity index (χ2n) is 7.69. The number of pyridine rings is 1. The van der Waals surface area contributed by atoms with E-state index in [0.717, 1.165) is 40.9 Å². The number of fused-ring (bicyclic) bond motifs is 1. The maximum Gasteiger partial charge on any atom is 0.213 e. The van der Waals surface area contributed by atoms with Gasteiger partial charge in [0.1, 0.15) is 5.60 Å². The Morgan fingerprint density at radius 3 is 2.56 bits per heavy atom. The fraction of sp³-hybridized carbons (Fsp3) is 0.450. The molecule has 0 saturated carbocycles. The molecule has 3 aromatic rings. The lowest BCUT2D eigenvalue weighted by molar-refractivity contribution is 0.0482. The molecule has 0 bridgehead atoms. The molecule has 0 spiro atoms. The summed E-state index contributed by atoms with van der Waals surface area (Å²) in [5.41, 5.74) is 2.47. The van der Waals surface area contributed by atoms with Gasteiger partial charge in [0.2, 0.25) is 5.88 Å². The second-order valence-corrected chi connectivity index (χ2v) is 8.54. The average molecular weight is 430 g/mol. The van der Waals surface area contributed by atoms with Crippen molar-refractivity contribution in [3.8, 4) is 17.0 Å². The van der Waals surface area contributed by atoms with E-state index >= 15 is 0 Å². The lowest BCUT2D eigenvalue weighted by Crippen LogP contribution is -2.44. The molecule has 142 valence electrons. The highest BCUT2D eigenvalue weighted by Gasteiger charge is 2.25. The number of hydrogen-bond acceptors (Lipinski definition) is 5. The van der Waals surface area contributed by atoms with Gasteiger partial charge in [-0.05, 0) is 61.8 Å². The summed E-state index contributed by atoms with van der Waals surface area (Å²) in [7, 11) is 0. The summed E-state index contributed by atoms with van der Waals surface area (Å²) < 4.78 is 8.81. The largest absolute Gasteiger partial charge is 0.470 e. The first-order valence-electron chi connectivity index (χ1n) is 9.37. The SMILES string of the molecule is CC(C)(CN1CCCCC1)Oc1ccc(-c2cnc3c(Br)cnn3c2)cn1. The monoisotopic (exact) mass is 429 g/mol. The summed E-state index contributed by atoms with van der Waals surface area (Å²) in [4.78, 5) is 11.5. The molecule has 7 heteroatoms. The molecule has 4 rings (SSSR count). The Kier molecular flexibility index (Phi) is 5.14. The molecule has 0 amide bonds.